The maximum absolute atomic E-state index is 6.79. The summed E-state index contributed by atoms with van der Waals surface area (Å²) < 4.78 is 9.27. The Balaban J connectivity index is 1.27. The van der Waals surface area contributed by atoms with Gasteiger partial charge < -0.3 is 14.2 Å². The lowest BCUT2D eigenvalue weighted by Gasteiger charge is -2.27. The number of nitrogens with zero attached hydrogens (tertiary/aromatic N) is 3. The monoisotopic (exact) mass is 685 g/mol. The summed E-state index contributed by atoms with van der Waals surface area (Å²) in [7, 11) is 0. The fraction of sp³-hybridized carbons (Fsp3) is 0. The number of para-hydroxylation sites is 3. The zero-order chi connectivity index (χ0) is 34.4. The van der Waals surface area contributed by atoms with Gasteiger partial charge in [-0.25, -0.2) is 4.98 Å². The van der Waals surface area contributed by atoms with Crippen LogP contribution in [0.3, 0.4) is 0 Å². The van der Waals surface area contributed by atoms with Crippen molar-refractivity contribution in [1.29, 1.82) is 0 Å². The lowest BCUT2D eigenvalue weighted by molar-refractivity contribution is 0.623. The fourth-order valence-electron chi connectivity index (χ4n) is 7.28. The summed E-state index contributed by atoms with van der Waals surface area (Å²) in [6, 6.07) is 66.0. The highest BCUT2D eigenvalue weighted by atomic mass is 32.1. The summed E-state index contributed by atoms with van der Waals surface area (Å²) in [5.74, 6) is 0.594. The first-order valence-corrected chi connectivity index (χ1v) is 18.2. The molecule has 0 aliphatic heterocycles. The maximum Gasteiger partial charge on any atom is 0.227 e. The van der Waals surface area contributed by atoms with Gasteiger partial charge in [0.2, 0.25) is 5.89 Å². The first kappa shape index (κ1) is 30.2. The van der Waals surface area contributed by atoms with Crippen LogP contribution in [-0.2, 0) is 0 Å². The smallest absolute Gasteiger partial charge is 0.227 e. The highest BCUT2D eigenvalue weighted by Gasteiger charge is 2.25. The number of thiophene rings is 1. The van der Waals surface area contributed by atoms with Crippen LogP contribution in [0.1, 0.15) is 0 Å². The van der Waals surface area contributed by atoms with Crippen molar-refractivity contribution in [2.75, 3.05) is 9.80 Å². The maximum atomic E-state index is 6.79. The van der Waals surface area contributed by atoms with Crippen LogP contribution in [0.15, 0.2) is 192 Å². The quantitative estimate of drug-likeness (QED) is 0.167. The molecular weight excluding hydrogens is 655 g/mol. The molecule has 0 atom stereocenters. The highest BCUT2D eigenvalue weighted by molar-refractivity contribution is 7.26. The lowest BCUT2D eigenvalue weighted by atomic mass is 10.0. The van der Waals surface area contributed by atoms with E-state index >= 15 is 0 Å². The van der Waals surface area contributed by atoms with E-state index in [0.29, 0.717) is 5.89 Å². The molecule has 0 N–H and O–H groups in total. The fourth-order valence-corrected chi connectivity index (χ4v) is 8.48. The molecule has 246 valence electrons. The molecule has 0 spiro atoms. The van der Waals surface area contributed by atoms with Gasteiger partial charge in [0, 0.05) is 49.2 Å². The van der Waals surface area contributed by atoms with Crippen LogP contribution in [0.5, 0.6) is 0 Å². The molecule has 0 radical (unpaired) electrons. The molecule has 10 rings (SSSR count). The van der Waals surface area contributed by atoms with Crippen LogP contribution >= 0.6 is 11.3 Å². The second kappa shape index (κ2) is 12.6. The number of benzene rings is 8. The molecule has 0 aliphatic carbocycles. The number of rotatable bonds is 7. The normalized spacial score (nSPS) is 11.5. The van der Waals surface area contributed by atoms with Gasteiger partial charge >= 0.3 is 0 Å². The van der Waals surface area contributed by atoms with Crippen molar-refractivity contribution in [3.63, 3.8) is 0 Å². The Morgan fingerprint density at radius 3 is 1.73 bits per heavy atom. The molecule has 52 heavy (non-hydrogen) atoms. The third-order valence-electron chi connectivity index (χ3n) is 9.63. The lowest BCUT2D eigenvalue weighted by Crippen LogP contribution is -2.11. The van der Waals surface area contributed by atoms with Crippen LogP contribution in [0.25, 0.3) is 53.5 Å². The Labute approximate surface area is 305 Å². The van der Waals surface area contributed by atoms with E-state index in [2.05, 4.69) is 180 Å². The van der Waals surface area contributed by atoms with Gasteiger partial charge in [0.05, 0.1) is 16.1 Å². The van der Waals surface area contributed by atoms with Crippen LogP contribution in [-0.4, -0.2) is 4.98 Å². The molecular formula is C47H31N3OS. The van der Waals surface area contributed by atoms with E-state index in [9.17, 15) is 0 Å². The van der Waals surface area contributed by atoms with Crippen LogP contribution < -0.4 is 9.80 Å². The molecule has 5 heteroatoms. The average molecular weight is 686 g/mol. The summed E-state index contributed by atoms with van der Waals surface area (Å²) in [5.41, 5.74) is 8.82. The summed E-state index contributed by atoms with van der Waals surface area (Å²) in [6.07, 6.45) is 0. The minimum Gasteiger partial charge on any atom is -0.435 e. The standard InChI is InChI=1S/C47H31N3OS/c1-5-16-32(17-6-1)47-48-44-42(50(36-22-11-4-12-23-36)41-26-15-25-40-39-24-13-14-27-43(39)52-46(40)41)31-33-30-37(28-29-38(33)45(44)51-47)49(34-18-7-2-8-19-34)35-20-9-3-10-21-35/h1-31H. The number of oxazole rings is 1. The van der Waals surface area contributed by atoms with Crippen LogP contribution in [0, 0.1) is 0 Å². The molecule has 2 heterocycles. The van der Waals surface area contributed by atoms with Gasteiger partial charge in [0.25, 0.3) is 0 Å². The van der Waals surface area contributed by atoms with Gasteiger partial charge in [0.1, 0.15) is 5.52 Å². The second-order valence-electron chi connectivity index (χ2n) is 12.8. The second-order valence-corrected chi connectivity index (χ2v) is 13.8. The molecule has 0 unspecified atom stereocenters. The average Bonchev–Trinajstić information content (AvgIpc) is 3.83. The molecule has 4 nitrogen and oxygen atoms in total. The van der Waals surface area contributed by atoms with E-state index in [0.717, 1.165) is 61.6 Å². The summed E-state index contributed by atoms with van der Waals surface area (Å²) in [5, 5.41) is 4.56. The van der Waals surface area contributed by atoms with Crippen molar-refractivity contribution in [1.82, 2.24) is 4.98 Å². The van der Waals surface area contributed by atoms with Crippen molar-refractivity contribution < 1.29 is 4.42 Å². The predicted molar refractivity (Wildman–Crippen MR) is 219 cm³/mol. The first-order chi connectivity index (χ1) is 25.8. The molecule has 10 aromatic rings. The number of anilines is 6. The van der Waals surface area contributed by atoms with Gasteiger partial charge in [-0.1, -0.05) is 103 Å². The molecule has 0 bridgehead atoms. The van der Waals surface area contributed by atoms with Gasteiger partial charge in [-0.15, -0.1) is 11.3 Å². The molecule has 0 amide bonds. The van der Waals surface area contributed by atoms with Crippen molar-refractivity contribution in [3.8, 4) is 11.5 Å². The SMILES string of the molecule is c1ccc(-c2nc3c(N(c4ccccc4)c4cccc5c4sc4ccccc45)cc4cc(N(c5ccccc5)c5ccccc5)ccc4c3o2)cc1. The highest BCUT2D eigenvalue weighted by Crippen LogP contribution is 2.48. The third kappa shape index (κ3) is 5.10. The first-order valence-electron chi connectivity index (χ1n) is 17.4. The Morgan fingerprint density at radius 2 is 1.04 bits per heavy atom. The van der Waals surface area contributed by atoms with E-state index in [1.807, 2.05) is 29.5 Å². The summed E-state index contributed by atoms with van der Waals surface area (Å²) >= 11 is 1.83. The molecule has 0 saturated carbocycles. The van der Waals surface area contributed by atoms with Gasteiger partial charge in [-0.05, 0) is 90.3 Å². The molecule has 8 aromatic carbocycles. The minimum atomic E-state index is 0.594. The Kier molecular flexibility index (Phi) is 7.29. The summed E-state index contributed by atoms with van der Waals surface area (Å²) in [6.45, 7) is 0. The number of fused-ring (bicyclic) bond motifs is 6. The van der Waals surface area contributed by atoms with Crippen molar-refractivity contribution in [2.45, 2.75) is 0 Å². The third-order valence-corrected chi connectivity index (χ3v) is 10.8. The van der Waals surface area contributed by atoms with E-state index in [1.54, 1.807) is 0 Å². The van der Waals surface area contributed by atoms with E-state index < -0.39 is 0 Å². The van der Waals surface area contributed by atoms with E-state index in [-0.39, 0.29) is 0 Å². The summed E-state index contributed by atoms with van der Waals surface area (Å²) in [4.78, 5) is 9.92. The van der Waals surface area contributed by atoms with Gasteiger partial charge in [0.15, 0.2) is 5.58 Å². The number of aromatic nitrogens is 1. The largest absolute Gasteiger partial charge is 0.435 e. The molecule has 0 saturated heterocycles. The van der Waals surface area contributed by atoms with Gasteiger partial charge in [-0.2, -0.15) is 0 Å². The Hall–Kier alpha value is -6.69. The number of hydrogen-bond donors (Lipinski definition) is 0. The van der Waals surface area contributed by atoms with E-state index in [1.165, 1.54) is 20.2 Å². The van der Waals surface area contributed by atoms with Crippen LogP contribution in [0.4, 0.5) is 34.1 Å². The molecule has 0 fully saturated rings. The van der Waals surface area contributed by atoms with Crippen molar-refractivity contribution in [3.05, 3.63) is 188 Å². The van der Waals surface area contributed by atoms with E-state index in [4.69, 9.17) is 9.40 Å². The minimum absolute atomic E-state index is 0.594. The van der Waals surface area contributed by atoms with Crippen molar-refractivity contribution >= 4 is 87.5 Å². The topological polar surface area (TPSA) is 32.5 Å². The number of hydrogen-bond acceptors (Lipinski definition) is 5. The zero-order valence-corrected chi connectivity index (χ0v) is 28.9. The Morgan fingerprint density at radius 1 is 0.442 bits per heavy atom. The van der Waals surface area contributed by atoms with Gasteiger partial charge in [-0.3, -0.25) is 0 Å². The Bertz CT molecular complexity index is 2810. The van der Waals surface area contributed by atoms with Crippen molar-refractivity contribution in [2.24, 2.45) is 0 Å². The predicted octanol–water partition coefficient (Wildman–Crippen LogP) is 14.0. The van der Waals surface area contributed by atoms with Crippen LogP contribution in [0.2, 0.25) is 0 Å². The zero-order valence-electron chi connectivity index (χ0n) is 28.1. The molecule has 0 aliphatic rings. The molecule has 2 aromatic heterocycles.